The van der Waals surface area contributed by atoms with Crippen molar-refractivity contribution in [3.63, 3.8) is 0 Å². The molecule has 21 heavy (non-hydrogen) atoms. The molecule has 0 atom stereocenters. The van der Waals surface area contributed by atoms with Gasteiger partial charge in [0.25, 0.3) is 10.0 Å². The van der Waals surface area contributed by atoms with Gasteiger partial charge in [-0.05, 0) is 30.3 Å². The van der Waals surface area contributed by atoms with Gasteiger partial charge in [-0.2, -0.15) is 5.26 Å². The Balaban J connectivity index is 2.38. The van der Waals surface area contributed by atoms with E-state index < -0.39 is 10.0 Å². The van der Waals surface area contributed by atoms with E-state index >= 15 is 0 Å². The van der Waals surface area contributed by atoms with Crippen LogP contribution in [0, 0.1) is 11.3 Å². The zero-order valence-electron chi connectivity index (χ0n) is 11.1. The highest BCUT2D eigenvalue weighted by Crippen LogP contribution is 2.25. The summed E-state index contributed by atoms with van der Waals surface area (Å²) in [4.78, 5) is 0.132. The Morgan fingerprint density at radius 1 is 1.19 bits per heavy atom. The number of para-hydroxylation sites is 1. The third-order valence-corrected chi connectivity index (χ3v) is 4.54. The molecule has 2 rings (SSSR count). The highest BCUT2D eigenvalue weighted by atomic mass is 35.5. The quantitative estimate of drug-likeness (QED) is 0.906. The summed E-state index contributed by atoms with van der Waals surface area (Å²) in [5.41, 5.74) is 1.07. The normalized spacial score (nSPS) is 10.7. The minimum Gasteiger partial charge on any atom is -0.387 e. The molecule has 108 valence electrons. The van der Waals surface area contributed by atoms with Crippen molar-refractivity contribution in [3.8, 4) is 6.07 Å². The van der Waals surface area contributed by atoms with E-state index in [1.807, 2.05) is 6.07 Å². The van der Waals surface area contributed by atoms with Gasteiger partial charge in [-0.1, -0.05) is 23.7 Å². The average Bonchev–Trinajstić information content (AvgIpc) is 2.47. The van der Waals surface area contributed by atoms with Crippen LogP contribution in [0.15, 0.2) is 47.4 Å². The van der Waals surface area contributed by atoms with Crippen LogP contribution in [0.4, 0.5) is 11.4 Å². The van der Waals surface area contributed by atoms with Crippen molar-refractivity contribution in [2.45, 2.75) is 4.90 Å². The van der Waals surface area contributed by atoms with Crippen molar-refractivity contribution >= 4 is 33.0 Å². The van der Waals surface area contributed by atoms with Gasteiger partial charge in [-0.3, -0.25) is 4.72 Å². The van der Waals surface area contributed by atoms with Crippen LogP contribution in [-0.2, 0) is 10.0 Å². The maximum atomic E-state index is 12.4. The predicted molar refractivity (Wildman–Crippen MR) is 83.0 cm³/mol. The summed E-state index contributed by atoms with van der Waals surface area (Å²) in [7, 11) is -2.10. The van der Waals surface area contributed by atoms with Gasteiger partial charge in [-0.15, -0.1) is 0 Å². The molecule has 0 saturated heterocycles. The Labute approximate surface area is 128 Å². The number of benzene rings is 2. The van der Waals surface area contributed by atoms with Crippen LogP contribution in [0.5, 0.6) is 0 Å². The van der Waals surface area contributed by atoms with E-state index in [1.165, 1.54) is 24.3 Å². The molecule has 0 aliphatic carbocycles. The first-order valence-electron chi connectivity index (χ1n) is 5.97. The van der Waals surface area contributed by atoms with Crippen molar-refractivity contribution in [1.29, 1.82) is 5.26 Å². The molecule has 2 aromatic carbocycles. The van der Waals surface area contributed by atoms with Gasteiger partial charge in [0, 0.05) is 7.05 Å². The van der Waals surface area contributed by atoms with Crippen LogP contribution in [0.3, 0.4) is 0 Å². The zero-order valence-corrected chi connectivity index (χ0v) is 12.7. The summed E-state index contributed by atoms with van der Waals surface area (Å²) < 4.78 is 27.2. The lowest BCUT2D eigenvalue weighted by Crippen LogP contribution is -2.14. The third-order valence-electron chi connectivity index (χ3n) is 2.79. The van der Waals surface area contributed by atoms with Crippen LogP contribution in [0.1, 0.15) is 5.56 Å². The van der Waals surface area contributed by atoms with Gasteiger partial charge < -0.3 is 5.32 Å². The number of sulfonamides is 1. The second-order valence-electron chi connectivity index (χ2n) is 4.16. The minimum atomic E-state index is -3.75. The molecular weight excluding hydrogens is 310 g/mol. The summed E-state index contributed by atoms with van der Waals surface area (Å²) >= 11 is 5.89. The fourth-order valence-corrected chi connectivity index (χ4v) is 3.27. The molecule has 0 radical (unpaired) electrons. The number of anilines is 2. The summed E-state index contributed by atoms with van der Waals surface area (Å²) in [6.07, 6.45) is 0. The number of nitriles is 1. The summed E-state index contributed by atoms with van der Waals surface area (Å²) in [5, 5.41) is 11.8. The summed E-state index contributed by atoms with van der Waals surface area (Å²) in [6, 6.07) is 12.8. The Bertz CT molecular complexity index is 813. The molecule has 0 fully saturated rings. The van der Waals surface area contributed by atoms with E-state index in [4.69, 9.17) is 16.9 Å². The Hall–Kier alpha value is -2.23. The van der Waals surface area contributed by atoms with Crippen LogP contribution in [0.25, 0.3) is 0 Å². The van der Waals surface area contributed by atoms with E-state index in [-0.39, 0.29) is 15.5 Å². The van der Waals surface area contributed by atoms with Crippen LogP contribution >= 0.6 is 11.6 Å². The number of hydrogen-bond acceptors (Lipinski definition) is 4. The molecule has 7 heteroatoms. The third kappa shape index (κ3) is 3.27. The monoisotopic (exact) mass is 321 g/mol. The van der Waals surface area contributed by atoms with Crippen molar-refractivity contribution in [3.05, 3.63) is 53.1 Å². The van der Waals surface area contributed by atoms with Crippen LogP contribution in [0.2, 0.25) is 5.02 Å². The first kappa shape index (κ1) is 15.2. The predicted octanol–water partition coefficient (Wildman–Crippen LogP) is 3.05. The molecule has 2 aromatic rings. The Morgan fingerprint density at radius 3 is 2.52 bits per heavy atom. The van der Waals surface area contributed by atoms with Gasteiger partial charge in [0.15, 0.2) is 0 Å². The van der Waals surface area contributed by atoms with Crippen molar-refractivity contribution < 1.29 is 8.42 Å². The molecule has 0 amide bonds. The van der Waals surface area contributed by atoms with E-state index in [1.54, 1.807) is 25.2 Å². The highest BCUT2D eigenvalue weighted by Gasteiger charge is 2.18. The number of halogens is 1. The molecule has 0 aromatic heterocycles. The van der Waals surface area contributed by atoms with Gasteiger partial charge in [0.2, 0.25) is 0 Å². The van der Waals surface area contributed by atoms with Gasteiger partial charge in [0.05, 0.1) is 22.0 Å². The largest absolute Gasteiger partial charge is 0.387 e. The topological polar surface area (TPSA) is 82.0 Å². The summed E-state index contributed by atoms with van der Waals surface area (Å²) in [6.45, 7) is 0. The highest BCUT2D eigenvalue weighted by molar-refractivity contribution is 7.92. The molecule has 0 aliphatic heterocycles. The molecule has 0 spiro atoms. The number of rotatable bonds is 4. The van der Waals surface area contributed by atoms with E-state index in [2.05, 4.69) is 10.0 Å². The molecule has 0 bridgehead atoms. The number of hydrogen-bond donors (Lipinski definition) is 2. The minimum absolute atomic E-state index is 0.132. The van der Waals surface area contributed by atoms with Gasteiger partial charge >= 0.3 is 0 Å². The Kier molecular flexibility index (Phi) is 4.36. The first-order valence-corrected chi connectivity index (χ1v) is 7.83. The lowest BCUT2D eigenvalue weighted by atomic mass is 10.2. The lowest BCUT2D eigenvalue weighted by Gasteiger charge is -2.12. The molecule has 5 nitrogen and oxygen atoms in total. The second kappa shape index (κ2) is 6.04. The van der Waals surface area contributed by atoms with Crippen molar-refractivity contribution in [2.24, 2.45) is 0 Å². The van der Waals surface area contributed by atoms with E-state index in [9.17, 15) is 8.42 Å². The maximum Gasteiger partial charge on any atom is 0.263 e. The molecule has 0 heterocycles. The van der Waals surface area contributed by atoms with Gasteiger partial charge in [0.1, 0.15) is 11.0 Å². The van der Waals surface area contributed by atoms with Crippen molar-refractivity contribution in [1.82, 2.24) is 0 Å². The van der Waals surface area contributed by atoms with Crippen molar-refractivity contribution in [2.75, 3.05) is 17.1 Å². The molecule has 0 saturated carbocycles. The zero-order chi connectivity index (χ0) is 15.5. The smallest absolute Gasteiger partial charge is 0.263 e. The first-order chi connectivity index (χ1) is 9.97. The molecular formula is C14H12ClN3O2S. The fourth-order valence-electron chi connectivity index (χ4n) is 1.79. The molecule has 2 N–H and O–H groups in total. The van der Waals surface area contributed by atoms with Gasteiger partial charge in [-0.25, -0.2) is 8.42 Å². The molecule has 0 unspecified atom stereocenters. The van der Waals surface area contributed by atoms with Crippen LogP contribution in [-0.4, -0.2) is 15.5 Å². The second-order valence-corrected chi connectivity index (χ2v) is 6.22. The van der Waals surface area contributed by atoms with E-state index in [0.717, 1.165) is 0 Å². The molecule has 0 aliphatic rings. The fraction of sp³-hybridized carbons (Fsp3) is 0.0714. The lowest BCUT2D eigenvalue weighted by molar-refractivity contribution is 0.601. The van der Waals surface area contributed by atoms with E-state index in [0.29, 0.717) is 11.4 Å². The Morgan fingerprint density at radius 2 is 1.90 bits per heavy atom. The average molecular weight is 322 g/mol. The number of nitrogens with zero attached hydrogens (tertiary/aromatic N) is 1. The number of nitrogens with one attached hydrogen (secondary N) is 2. The standard InChI is InChI=1S/C14H12ClN3O2S/c1-17-13-4-2-3-5-14(13)21(19,20)18-11-7-6-10(9-16)12(15)8-11/h2-8,17-18H,1H3. The summed E-state index contributed by atoms with van der Waals surface area (Å²) in [5.74, 6) is 0. The van der Waals surface area contributed by atoms with Crippen LogP contribution < -0.4 is 10.0 Å². The maximum absolute atomic E-state index is 12.4. The SMILES string of the molecule is CNc1ccccc1S(=O)(=O)Nc1ccc(C#N)c(Cl)c1.